The number of hydrogen-bond acceptors (Lipinski definition) is 6. The van der Waals surface area contributed by atoms with Gasteiger partial charge in [-0.25, -0.2) is 0 Å². The van der Waals surface area contributed by atoms with Gasteiger partial charge >= 0.3 is 46.1 Å². The van der Waals surface area contributed by atoms with E-state index in [9.17, 15) is 28.7 Å². The van der Waals surface area contributed by atoms with Crippen molar-refractivity contribution in [3.8, 4) is 0 Å². The summed E-state index contributed by atoms with van der Waals surface area (Å²) in [5, 5.41) is 0. The second kappa shape index (κ2) is 14.3. The standard InChI is InChI=1S/2C9H13O3P.2Mg/c2*1-2-9(13(10,11)12)8-6-4-3-5-7-8;;/h2*3-7,9H,2H2,1H3,(H2,10,11,12);;/q;;2*+2/p-4. The second-order valence-electron chi connectivity index (χ2n) is 5.75. The van der Waals surface area contributed by atoms with Crippen LogP contribution in [0.5, 0.6) is 0 Å². The fraction of sp³-hybridized carbons (Fsp3) is 0.333. The second-order valence-corrected chi connectivity index (χ2v) is 9.16. The number of rotatable bonds is 6. The average molecular weight is 445 g/mol. The normalized spacial score (nSPS) is 13.1. The molecule has 6 nitrogen and oxygen atoms in total. The summed E-state index contributed by atoms with van der Waals surface area (Å²) in [6, 6.07) is 17.1. The van der Waals surface area contributed by atoms with Crippen LogP contribution in [-0.4, -0.2) is 46.1 Å². The van der Waals surface area contributed by atoms with Crippen LogP contribution in [0.1, 0.15) is 49.1 Å². The molecule has 0 aliphatic carbocycles. The Hall–Kier alpha value is 0.272. The SMILES string of the molecule is CCC(c1ccccc1)P(=O)([O-])[O-].CCC(c1ccccc1)P(=O)([O-])[O-].[Mg+2].[Mg+2]. The first-order valence-electron chi connectivity index (χ1n) is 8.24. The van der Waals surface area contributed by atoms with Crippen LogP contribution < -0.4 is 19.6 Å². The van der Waals surface area contributed by atoms with E-state index in [1.54, 1.807) is 74.5 Å². The summed E-state index contributed by atoms with van der Waals surface area (Å²) >= 11 is 0. The molecule has 2 aromatic carbocycles. The van der Waals surface area contributed by atoms with Gasteiger partial charge in [-0.05, 0) is 24.0 Å². The molecule has 2 aromatic rings. The molecule has 28 heavy (non-hydrogen) atoms. The van der Waals surface area contributed by atoms with Crippen LogP contribution in [0, 0.1) is 0 Å². The number of hydrogen-bond donors (Lipinski definition) is 0. The first kappa shape index (κ1) is 30.5. The van der Waals surface area contributed by atoms with Gasteiger partial charge in [-0.1, -0.05) is 89.7 Å². The van der Waals surface area contributed by atoms with E-state index in [-0.39, 0.29) is 46.1 Å². The van der Waals surface area contributed by atoms with Crippen molar-refractivity contribution >= 4 is 61.3 Å². The summed E-state index contributed by atoms with van der Waals surface area (Å²) in [7, 11) is -9.00. The maximum atomic E-state index is 10.8. The van der Waals surface area contributed by atoms with Gasteiger partial charge in [0, 0.05) is 11.3 Å². The summed E-state index contributed by atoms with van der Waals surface area (Å²) in [5.41, 5.74) is -0.598. The maximum absolute atomic E-state index is 10.8. The van der Waals surface area contributed by atoms with Crippen molar-refractivity contribution < 1.29 is 28.7 Å². The predicted octanol–water partition coefficient (Wildman–Crippen LogP) is 1.34. The Balaban J connectivity index is 0. The molecule has 0 heterocycles. The largest absolute Gasteiger partial charge is 2.00 e. The number of benzene rings is 2. The van der Waals surface area contributed by atoms with Gasteiger partial charge in [-0.2, -0.15) is 0 Å². The van der Waals surface area contributed by atoms with Crippen LogP contribution in [0.4, 0.5) is 0 Å². The summed E-state index contributed by atoms with van der Waals surface area (Å²) in [5.74, 6) is 0. The molecule has 0 bridgehead atoms. The fourth-order valence-electron chi connectivity index (χ4n) is 2.63. The molecule has 0 fully saturated rings. The van der Waals surface area contributed by atoms with Crippen molar-refractivity contribution in [2.24, 2.45) is 0 Å². The van der Waals surface area contributed by atoms with Crippen molar-refractivity contribution in [2.75, 3.05) is 0 Å². The van der Waals surface area contributed by atoms with E-state index in [2.05, 4.69) is 0 Å². The van der Waals surface area contributed by atoms with Crippen LogP contribution in [0.25, 0.3) is 0 Å². The third-order valence-corrected chi connectivity index (χ3v) is 6.76. The van der Waals surface area contributed by atoms with Gasteiger partial charge in [0.15, 0.2) is 0 Å². The van der Waals surface area contributed by atoms with E-state index >= 15 is 0 Å². The smallest absolute Gasteiger partial charge is 0.810 e. The van der Waals surface area contributed by atoms with Crippen molar-refractivity contribution in [2.45, 2.75) is 38.0 Å². The summed E-state index contributed by atoms with van der Waals surface area (Å²) in [6.45, 7) is 3.39. The molecule has 2 atom stereocenters. The van der Waals surface area contributed by atoms with Gasteiger partial charge in [-0.15, -0.1) is 0 Å². The predicted molar refractivity (Wildman–Crippen MR) is 106 cm³/mol. The minimum Gasteiger partial charge on any atom is -0.810 e. The molecule has 0 spiro atoms. The Morgan fingerprint density at radius 2 is 0.893 bits per heavy atom. The van der Waals surface area contributed by atoms with Gasteiger partial charge in [0.25, 0.3) is 0 Å². The van der Waals surface area contributed by atoms with Crippen LogP contribution >= 0.6 is 15.2 Å². The molecule has 0 amide bonds. The molecular formula is C18H22Mg2O6P2. The molecule has 0 radical (unpaired) electrons. The van der Waals surface area contributed by atoms with Crippen molar-refractivity contribution in [1.82, 2.24) is 0 Å². The Morgan fingerprint density at radius 1 is 0.643 bits per heavy atom. The summed E-state index contributed by atoms with van der Waals surface area (Å²) < 4.78 is 21.7. The zero-order valence-corrected chi connectivity index (χ0v) is 20.7. The first-order chi connectivity index (χ1) is 12.1. The van der Waals surface area contributed by atoms with Gasteiger partial charge in [0.05, 0.1) is 0 Å². The zero-order valence-electron chi connectivity index (χ0n) is 16.1. The third-order valence-electron chi connectivity index (χ3n) is 3.91. The Labute approximate surface area is 198 Å². The van der Waals surface area contributed by atoms with E-state index in [1.807, 2.05) is 0 Å². The minimum absolute atomic E-state index is 0. The topological polar surface area (TPSA) is 126 Å². The monoisotopic (exact) mass is 444 g/mol. The summed E-state index contributed by atoms with van der Waals surface area (Å²) in [4.78, 5) is 43.3. The molecular weight excluding hydrogens is 423 g/mol. The van der Waals surface area contributed by atoms with Gasteiger partial charge in [0.2, 0.25) is 0 Å². The molecule has 2 unspecified atom stereocenters. The molecule has 2 rings (SSSR count). The van der Waals surface area contributed by atoms with Crippen LogP contribution in [-0.2, 0) is 9.13 Å². The Bertz CT molecular complexity index is 684. The molecule has 0 aromatic heterocycles. The molecule has 144 valence electrons. The van der Waals surface area contributed by atoms with Crippen molar-refractivity contribution in [1.29, 1.82) is 0 Å². The first-order valence-corrected chi connectivity index (χ1v) is 11.5. The van der Waals surface area contributed by atoms with Crippen LogP contribution in [0.15, 0.2) is 60.7 Å². The molecule has 0 N–H and O–H groups in total. The van der Waals surface area contributed by atoms with E-state index in [0.29, 0.717) is 24.0 Å². The van der Waals surface area contributed by atoms with Crippen LogP contribution in [0.3, 0.4) is 0 Å². The maximum Gasteiger partial charge on any atom is 2.00 e. The van der Waals surface area contributed by atoms with Crippen LogP contribution in [0.2, 0.25) is 0 Å². The van der Waals surface area contributed by atoms with Crippen molar-refractivity contribution in [3.63, 3.8) is 0 Å². The zero-order chi connectivity index (χ0) is 19.8. The third kappa shape index (κ3) is 10.3. The molecule has 10 heteroatoms. The van der Waals surface area contributed by atoms with Gasteiger partial charge < -0.3 is 28.7 Å². The fourth-order valence-corrected chi connectivity index (χ4v) is 4.60. The summed E-state index contributed by atoms with van der Waals surface area (Å²) in [6.07, 6.45) is 0.655. The molecule has 0 saturated heterocycles. The molecule has 0 aliphatic rings. The van der Waals surface area contributed by atoms with E-state index in [0.717, 1.165) is 0 Å². The van der Waals surface area contributed by atoms with Crippen molar-refractivity contribution in [3.05, 3.63) is 71.8 Å². The quantitative estimate of drug-likeness (QED) is 0.488. The molecule has 0 saturated carbocycles. The average Bonchev–Trinajstić information content (AvgIpc) is 2.56. The van der Waals surface area contributed by atoms with E-state index in [1.165, 1.54) is 0 Å². The Kier molecular flexibility index (Phi) is 15.6. The minimum atomic E-state index is -4.50. The van der Waals surface area contributed by atoms with E-state index < -0.39 is 26.5 Å². The van der Waals surface area contributed by atoms with Gasteiger partial charge in [0.1, 0.15) is 0 Å². The van der Waals surface area contributed by atoms with Gasteiger partial charge in [-0.3, -0.25) is 0 Å². The Morgan fingerprint density at radius 3 is 1.07 bits per heavy atom. The van der Waals surface area contributed by atoms with E-state index in [4.69, 9.17) is 0 Å². The molecule has 0 aliphatic heterocycles.